The molecule has 0 atom stereocenters. The van der Waals surface area contributed by atoms with Crippen LogP contribution in [-0.2, 0) is 24.3 Å². The Hall–Kier alpha value is -3.42. The summed E-state index contributed by atoms with van der Waals surface area (Å²) in [6.45, 7) is 7.34. The molecule has 0 saturated carbocycles. The van der Waals surface area contributed by atoms with Crippen LogP contribution in [0.3, 0.4) is 0 Å². The van der Waals surface area contributed by atoms with Gasteiger partial charge < -0.3 is 14.6 Å². The molecular formula is C28H30N4O2S. The van der Waals surface area contributed by atoms with Gasteiger partial charge in [-0.05, 0) is 41.6 Å². The monoisotopic (exact) mass is 486 g/mol. The Kier molecular flexibility index (Phi) is 7.25. The van der Waals surface area contributed by atoms with E-state index < -0.39 is 0 Å². The summed E-state index contributed by atoms with van der Waals surface area (Å²) in [5.41, 5.74) is 4.40. The van der Waals surface area contributed by atoms with Crippen LogP contribution in [0.25, 0.3) is 10.8 Å². The van der Waals surface area contributed by atoms with Gasteiger partial charge in [-0.25, -0.2) is 4.98 Å². The smallest absolute Gasteiger partial charge is 0.236 e. The molecule has 3 heterocycles. The summed E-state index contributed by atoms with van der Waals surface area (Å²) in [5, 5.41) is 5.07. The predicted octanol–water partition coefficient (Wildman–Crippen LogP) is 4.89. The molecule has 7 heteroatoms. The lowest BCUT2D eigenvalue weighted by Gasteiger charge is -2.36. The van der Waals surface area contributed by atoms with Gasteiger partial charge in [0.15, 0.2) is 0 Å². The average molecular weight is 487 g/mol. The maximum absolute atomic E-state index is 12.7. The van der Waals surface area contributed by atoms with E-state index in [2.05, 4.69) is 68.6 Å². The number of carbonyl (C=O) groups is 1. The zero-order chi connectivity index (χ0) is 24.0. The lowest BCUT2D eigenvalue weighted by atomic mass is 10.1. The highest BCUT2D eigenvalue weighted by atomic mass is 32.1. The maximum atomic E-state index is 12.7. The molecule has 1 fully saturated rings. The molecule has 1 amide bonds. The third-order valence-corrected chi connectivity index (χ3v) is 7.29. The van der Waals surface area contributed by atoms with E-state index in [0.717, 1.165) is 43.2 Å². The summed E-state index contributed by atoms with van der Waals surface area (Å²) in [6, 6.07) is 22.9. The number of carbonyl (C=O) groups excluding carboxylic acids is 1. The van der Waals surface area contributed by atoms with E-state index in [9.17, 15) is 4.79 Å². The number of thiophene rings is 1. The molecule has 5 rings (SSSR count). The number of nitrogens with zero attached hydrogens (tertiary/aromatic N) is 3. The molecule has 1 saturated heterocycles. The fourth-order valence-electron chi connectivity index (χ4n) is 4.43. The Morgan fingerprint density at radius 2 is 1.71 bits per heavy atom. The zero-order valence-electron chi connectivity index (χ0n) is 19.9. The number of anilines is 1. The number of piperazine rings is 1. The Morgan fingerprint density at radius 3 is 2.46 bits per heavy atom. The van der Waals surface area contributed by atoms with Gasteiger partial charge in [0.2, 0.25) is 11.8 Å². The van der Waals surface area contributed by atoms with Gasteiger partial charge in [-0.15, -0.1) is 11.3 Å². The highest BCUT2D eigenvalue weighted by Crippen LogP contribution is 2.26. The molecular weight excluding hydrogens is 456 g/mol. The Balaban J connectivity index is 1.15. The lowest BCUT2D eigenvalue weighted by molar-refractivity contribution is -0.120. The van der Waals surface area contributed by atoms with E-state index in [-0.39, 0.29) is 12.3 Å². The first kappa shape index (κ1) is 23.3. The minimum atomic E-state index is -0.0505. The second-order valence-corrected chi connectivity index (χ2v) is 9.77. The fraction of sp³-hybridized carbons (Fsp3) is 0.286. The molecule has 1 N–H and O–H groups in total. The number of aryl methyl sites for hydroxylation is 1. The number of amides is 1. The fourth-order valence-corrected chi connectivity index (χ4v) is 5.08. The van der Waals surface area contributed by atoms with Crippen LogP contribution in [0.5, 0.6) is 0 Å². The topological polar surface area (TPSA) is 61.6 Å². The minimum absolute atomic E-state index is 0.0505. The second kappa shape index (κ2) is 10.9. The molecule has 1 aliphatic heterocycles. The lowest BCUT2D eigenvalue weighted by Crippen LogP contribution is -2.46. The van der Waals surface area contributed by atoms with E-state index in [0.29, 0.717) is 23.9 Å². The van der Waals surface area contributed by atoms with Crippen molar-refractivity contribution in [1.82, 2.24) is 15.2 Å². The molecule has 2 aromatic heterocycles. The second-order valence-electron chi connectivity index (χ2n) is 8.82. The molecule has 180 valence electrons. The van der Waals surface area contributed by atoms with Crippen molar-refractivity contribution in [3.63, 3.8) is 0 Å². The van der Waals surface area contributed by atoms with Gasteiger partial charge in [-0.2, -0.15) is 0 Å². The average Bonchev–Trinajstić information content (AvgIpc) is 3.55. The molecule has 1 aliphatic rings. The first-order valence-corrected chi connectivity index (χ1v) is 12.9. The number of aromatic nitrogens is 1. The summed E-state index contributed by atoms with van der Waals surface area (Å²) < 4.78 is 5.77. The van der Waals surface area contributed by atoms with E-state index in [1.807, 2.05) is 30.5 Å². The van der Waals surface area contributed by atoms with Crippen molar-refractivity contribution in [3.05, 3.63) is 94.7 Å². The van der Waals surface area contributed by atoms with Gasteiger partial charge in [0.1, 0.15) is 5.76 Å². The number of oxazole rings is 1. The Labute approximate surface area is 210 Å². The van der Waals surface area contributed by atoms with Crippen molar-refractivity contribution >= 4 is 22.9 Å². The number of hydrogen-bond donors (Lipinski definition) is 1. The summed E-state index contributed by atoms with van der Waals surface area (Å²) in [5.74, 6) is 1.22. The number of benzene rings is 2. The number of hydrogen-bond acceptors (Lipinski definition) is 6. The quantitative estimate of drug-likeness (QED) is 0.384. The van der Waals surface area contributed by atoms with Crippen LogP contribution in [0.1, 0.15) is 22.6 Å². The highest BCUT2D eigenvalue weighted by molar-refractivity contribution is 7.13. The SMILES string of the molecule is Cc1oc(-c2cccs2)nc1CC(=O)NCc1ccccc1CN1CCN(c2ccccc2)CC1. The van der Waals surface area contributed by atoms with E-state index in [1.165, 1.54) is 11.3 Å². The van der Waals surface area contributed by atoms with Gasteiger partial charge in [-0.1, -0.05) is 48.5 Å². The third kappa shape index (κ3) is 5.81. The summed E-state index contributed by atoms with van der Waals surface area (Å²) in [4.78, 5) is 23.1. The van der Waals surface area contributed by atoms with Crippen LogP contribution in [0.15, 0.2) is 76.5 Å². The normalized spacial score (nSPS) is 14.3. The van der Waals surface area contributed by atoms with Crippen molar-refractivity contribution < 1.29 is 9.21 Å². The van der Waals surface area contributed by atoms with Crippen LogP contribution < -0.4 is 10.2 Å². The molecule has 4 aromatic rings. The molecule has 6 nitrogen and oxygen atoms in total. The van der Waals surface area contributed by atoms with E-state index in [1.54, 1.807) is 11.3 Å². The van der Waals surface area contributed by atoms with Crippen LogP contribution in [0.2, 0.25) is 0 Å². The highest BCUT2D eigenvalue weighted by Gasteiger charge is 2.19. The Bertz CT molecular complexity index is 1250. The predicted molar refractivity (Wildman–Crippen MR) is 140 cm³/mol. The van der Waals surface area contributed by atoms with Crippen LogP contribution in [0.4, 0.5) is 5.69 Å². The number of para-hydroxylation sites is 1. The summed E-state index contributed by atoms with van der Waals surface area (Å²) >= 11 is 1.58. The molecule has 0 bridgehead atoms. The molecule has 2 aromatic carbocycles. The molecule has 0 radical (unpaired) electrons. The Morgan fingerprint density at radius 1 is 0.971 bits per heavy atom. The maximum Gasteiger partial charge on any atom is 0.236 e. The van der Waals surface area contributed by atoms with Gasteiger partial charge in [-0.3, -0.25) is 9.69 Å². The molecule has 0 spiro atoms. The summed E-state index contributed by atoms with van der Waals surface area (Å²) in [6.07, 6.45) is 0.213. The third-order valence-electron chi connectivity index (χ3n) is 6.43. The van der Waals surface area contributed by atoms with Gasteiger partial charge in [0.25, 0.3) is 0 Å². The van der Waals surface area contributed by atoms with Crippen LogP contribution in [-0.4, -0.2) is 42.0 Å². The molecule has 35 heavy (non-hydrogen) atoms. The number of nitrogens with one attached hydrogen (secondary N) is 1. The first-order valence-electron chi connectivity index (χ1n) is 12.0. The molecule has 0 aliphatic carbocycles. The van der Waals surface area contributed by atoms with Crippen LogP contribution >= 0.6 is 11.3 Å². The van der Waals surface area contributed by atoms with Crippen LogP contribution in [0, 0.1) is 6.92 Å². The van der Waals surface area contributed by atoms with Gasteiger partial charge in [0.05, 0.1) is 17.0 Å². The van der Waals surface area contributed by atoms with Crippen molar-refractivity contribution in [2.24, 2.45) is 0 Å². The van der Waals surface area contributed by atoms with Gasteiger partial charge >= 0.3 is 0 Å². The van der Waals surface area contributed by atoms with E-state index >= 15 is 0 Å². The minimum Gasteiger partial charge on any atom is -0.440 e. The molecule has 0 unspecified atom stereocenters. The zero-order valence-corrected chi connectivity index (χ0v) is 20.8. The largest absolute Gasteiger partial charge is 0.440 e. The standard InChI is InChI=1S/C28H30N4O2S/c1-21-25(30-28(34-21)26-12-7-17-35-26)18-27(33)29-19-22-8-5-6-9-23(22)20-31-13-15-32(16-14-31)24-10-3-2-4-11-24/h2-12,17H,13-16,18-20H2,1H3,(H,29,33). The van der Waals surface area contributed by atoms with Crippen molar-refractivity contribution in [1.29, 1.82) is 0 Å². The van der Waals surface area contributed by atoms with Gasteiger partial charge in [0, 0.05) is 45.0 Å². The van der Waals surface area contributed by atoms with E-state index in [4.69, 9.17) is 4.42 Å². The first-order chi connectivity index (χ1) is 17.2. The number of rotatable bonds is 8. The van der Waals surface area contributed by atoms with Crippen molar-refractivity contribution in [2.45, 2.75) is 26.4 Å². The van der Waals surface area contributed by atoms with Crippen molar-refractivity contribution in [2.75, 3.05) is 31.1 Å². The van der Waals surface area contributed by atoms with Crippen molar-refractivity contribution in [3.8, 4) is 10.8 Å². The summed E-state index contributed by atoms with van der Waals surface area (Å²) in [7, 11) is 0.